The average molecular weight is 265 g/mol. The molecule has 1 heterocycles. The van der Waals surface area contributed by atoms with Crippen LogP contribution in [0.4, 0.5) is 8.78 Å². The Morgan fingerprint density at radius 3 is 2.68 bits per heavy atom. The van der Waals surface area contributed by atoms with Crippen molar-refractivity contribution in [2.75, 3.05) is 0 Å². The van der Waals surface area contributed by atoms with Crippen molar-refractivity contribution in [3.8, 4) is 0 Å². The van der Waals surface area contributed by atoms with Gasteiger partial charge in [-0.25, -0.2) is 8.78 Å². The minimum atomic E-state index is -0.810. The smallest absolute Gasteiger partial charge is 0.163 e. The lowest BCUT2D eigenvalue weighted by atomic mass is 10.2. The highest BCUT2D eigenvalue weighted by atomic mass is 19.2. The minimum Gasteiger partial charge on any atom is -0.308 e. The van der Waals surface area contributed by atoms with Crippen LogP contribution >= 0.6 is 0 Å². The first-order valence-electron chi connectivity index (χ1n) is 6.26. The molecule has 0 spiro atoms. The van der Waals surface area contributed by atoms with Crippen molar-refractivity contribution in [2.45, 2.75) is 26.4 Å². The molecule has 5 heteroatoms. The van der Waals surface area contributed by atoms with Crippen molar-refractivity contribution in [3.63, 3.8) is 0 Å². The first-order valence-corrected chi connectivity index (χ1v) is 6.26. The summed E-state index contributed by atoms with van der Waals surface area (Å²) >= 11 is 0. The Balaban J connectivity index is 1.98. The topological polar surface area (TPSA) is 29.9 Å². The van der Waals surface area contributed by atoms with Gasteiger partial charge in [0.2, 0.25) is 0 Å². The largest absolute Gasteiger partial charge is 0.308 e. The molecule has 0 aliphatic heterocycles. The molecule has 0 amide bonds. The number of aromatic nitrogens is 2. The Bertz CT molecular complexity index is 564. The van der Waals surface area contributed by atoms with E-state index in [0.29, 0.717) is 18.7 Å². The van der Waals surface area contributed by atoms with Crippen LogP contribution in [0, 0.1) is 11.6 Å². The van der Waals surface area contributed by atoms with Gasteiger partial charge in [0.1, 0.15) is 0 Å². The van der Waals surface area contributed by atoms with Gasteiger partial charge in [0.25, 0.3) is 0 Å². The zero-order chi connectivity index (χ0) is 13.8. The van der Waals surface area contributed by atoms with E-state index < -0.39 is 11.6 Å². The molecule has 2 rings (SSSR count). The molecule has 1 aromatic carbocycles. The van der Waals surface area contributed by atoms with E-state index in [0.717, 1.165) is 23.7 Å². The third-order valence-corrected chi connectivity index (χ3v) is 2.99. The van der Waals surface area contributed by atoms with E-state index in [9.17, 15) is 8.78 Å². The summed E-state index contributed by atoms with van der Waals surface area (Å²) in [4.78, 5) is 0. The predicted octanol–water partition coefficient (Wildman–Crippen LogP) is 2.55. The maximum Gasteiger partial charge on any atom is 0.163 e. The summed E-state index contributed by atoms with van der Waals surface area (Å²) in [6.07, 6.45) is 2.79. The minimum absolute atomic E-state index is 0.293. The summed E-state index contributed by atoms with van der Waals surface area (Å²) in [7, 11) is 1.87. The highest BCUT2D eigenvalue weighted by Gasteiger charge is 2.08. The maximum atomic E-state index is 13.4. The number of nitrogens with zero attached hydrogens (tertiary/aromatic N) is 2. The third-order valence-electron chi connectivity index (χ3n) is 2.99. The molecular formula is C14H17F2N3. The molecule has 0 aliphatic carbocycles. The summed E-state index contributed by atoms with van der Waals surface area (Å²) in [5.41, 5.74) is 2.44. The van der Waals surface area contributed by atoms with Gasteiger partial charge in [-0.2, -0.15) is 5.10 Å². The molecule has 0 atom stereocenters. The predicted molar refractivity (Wildman–Crippen MR) is 69.5 cm³/mol. The van der Waals surface area contributed by atoms with Crippen LogP contribution in [0.2, 0.25) is 0 Å². The summed E-state index contributed by atoms with van der Waals surface area (Å²) in [6.45, 7) is 2.92. The molecular weight excluding hydrogens is 248 g/mol. The number of benzene rings is 1. The summed E-state index contributed by atoms with van der Waals surface area (Å²) in [6, 6.07) is 4.21. The van der Waals surface area contributed by atoms with Gasteiger partial charge >= 0.3 is 0 Å². The van der Waals surface area contributed by atoms with Crippen molar-refractivity contribution in [1.82, 2.24) is 15.1 Å². The van der Waals surface area contributed by atoms with Crippen LogP contribution in [-0.4, -0.2) is 9.78 Å². The number of hydrogen-bond acceptors (Lipinski definition) is 2. The molecule has 0 fully saturated rings. The fraction of sp³-hybridized carbons (Fsp3) is 0.357. The molecule has 1 N–H and O–H groups in total. The second-order valence-electron chi connectivity index (χ2n) is 4.44. The van der Waals surface area contributed by atoms with E-state index in [2.05, 4.69) is 10.4 Å². The molecule has 1 aromatic heterocycles. The molecule has 0 saturated carbocycles. The van der Waals surface area contributed by atoms with Crippen molar-refractivity contribution in [1.29, 1.82) is 0 Å². The molecule has 102 valence electrons. The Morgan fingerprint density at radius 2 is 1.95 bits per heavy atom. The first-order chi connectivity index (χ1) is 9.11. The summed E-state index contributed by atoms with van der Waals surface area (Å²) in [5, 5.41) is 7.44. The Kier molecular flexibility index (Phi) is 4.27. The van der Waals surface area contributed by atoms with Gasteiger partial charge in [-0.15, -0.1) is 0 Å². The first kappa shape index (κ1) is 13.7. The van der Waals surface area contributed by atoms with E-state index in [1.807, 2.05) is 20.2 Å². The lowest BCUT2D eigenvalue weighted by molar-refractivity contribution is 0.492. The maximum absolute atomic E-state index is 13.4. The quantitative estimate of drug-likeness (QED) is 0.900. The fourth-order valence-corrected chi connectivity index (χ4v) is 2.05. The van der Waals surface area contributed by atoms with Crippen LogP contribution in [0.3, 0.4) is 0 Å². The van der Waals surface area contributed by atoms with Crippen LogP contribution < -0.4 is 5.32 Å². The monoisotopic (exact) mass is 265 g/mol. The number of aryl methyl sites for hydroxylation is 2. The van der Waals surface area contributed by atoms with E-state index in [-0.39, 0.29) is 0 Å². The second kappa shape index (κ2) is 5.93. The normalized spacial score (nSPS) is 10.9. The summed E-state index contributed by atoms with van der Waals surface area (Å²) in [5.74, 6) is -1.59. The van der Waals surface area contributed by atoms with Crippen molar-refractivity contribution in [3.05, 3.63) is 52.9 Å². The Labute approximate surface area is 111 Å². The van der Waals surface area contributed by atoms with E-state index in [1.54, 1.807) is 10.7 Å². The zero-order valence-electron chi connectivity index (χ0n) is 11.1. The molecule has 0 unspecified atom stereocenters. The number of halogens is 2. The SMILES string of the molecule is CCc1nn(C)cc1CNCc1cccc(F)c1F. The Hall–Kier alpha value is -1.75. The number of hydrogen-bond donors (Lipinski definition) is 1. The molecule has 0 aliphatic rings. The molecule has 0 radical (unpaired) electrons. The molecule has 0 bridgehead atoms. The van der Waals surface area contributed by atoms with E-state index in [4.69, 9.17) is 0 Å². The highest BCUT2D eigenvalue weighted by Crippen LogP contribution is 2.12. The van der Waals surface area contributed by atoms with Crippen LogP contribution in [0.25, 0.3) is 0 Å². The average Bonchev–Trinajstić information content (AvgIpc) is 2.75. The van der Waals surface area contributed by atoms with Gasteiger partial charge in [0.15, 0.2) is 11.6 Å². The zero-order valence-corrected chi connectivity index (χ0v) is 11.1. The number of rotatable bonds is 5. The lowest BCUT2D eigenvalue weighted by Crippen LogP contribution is -2.14. The van der Waals surface area contributed by atoms with Gasteiger partial charge in [0.05, 0.1) is 5.69 Å². The van der Waals surface area contributed by atoms with Gasteiger partial charge < -0.3 is 5.32 Å². The van der Waals surface area contributed by atoms with Crippen molar-refractivity contribution >= 4 is 0 Å². The van der Waals surface area contributed by atoms with Crippen molar-refractivity contribution < 1.29 is 8.78 Å². The van der Waals surface area contributed by atoms with E-state index in [1.165, 1.54) is 6.07 Å². The molecule has 0 saturated heterocycles. The van der Waals surface area contributed by atoms with Crippen LogP contribution in [0.5, 0.6) is 0 Å². The van der Waals surface area contributed by atoms with E-state index >= 15 is 0 Å². The highest BCUT2D eigenvalue weighted by molar-refractivity contribution is 5.20. The molecule has 2 aromatic rings. The second-order valence-corrected chi connectivity index (χ2v) is 4.44. The molecule has 3 nitrogen and oxygen atoms in total. The van der Waals surface area contributed by atoms with Gasteiger partial charge in [-0.1, -0.05) is 19.1 Å². The third kappa shape index (κ3) is 3.17. The Morgan fingerprint density at radius 1 is 1.21 bits per heavy atom. The molecule has 19 heavy (non-hydrogen) atoms. The van der Waals surface area contributed by atoms with Gasteiger partial charge in [0, 0.05) is 37.5 Å². The standard InChI is InChI=1S/C14H17F2N3/c1-3-13-11(9-19(2)18-13)8-17-7-10-5-4-6-12(15)14(10)16/h4-6,9,17H,3,7-8H2,1-2H3. The summed E-state index contributed by atoms with van der Waals surface area (Å²) < 4.78 is 28.2. The number of nitrogens with one attached hydrogen (secondary N) is 1. The lowest BCUT2D eigenvalue weighted by Gasteiger charge is -2.06. The van der Waals surface area contributed by atoms with Gasteiger partial charge in [-0.05, 0) is 12.5 Å². The van der Waals surface area contributed by atoms with Crippen LogP contribution in [-0.2, 0) is 26.6 Å². The van der Waals surface area contributed by atoms with Crippen LogP contribution in [0.15, 0.2) is 24.4 Å². The van der Waals surface area contributed by atoms with Gasteiger partial charge in [-0.3, -0.25) is 4.68 Å². The van der Waals surface area contributed by atoms with Crippen molar-refractivity contribution in [2.24, 2.45) is 7.05 Å². The fourth-order valence-electron chi connectivity index (χ4n) is 2.05. The van der Waals surface area contributed by atoms with Crippen LogP contribution in [0.1, 0.15) is 23.7 Å².